The number of likely N-dealkylation sites (N-methyl/N-ethyl adjacent to an activating group) is 1. The van der Waals surface area contributed by atoms with Crippen LogP contribution in [0.3, 0.4) is 0 Å². The van der Waals surface area contributed by atoms with Gasteiger partial charge in [-0.25, -0.2) is 0 Å². The number of unbranched alkanes of at least 4 members (excludes halogenated alkanes) is 9. The average molecular weight is 395 g/mol. The number of quaternary nitrogens is 1. The Labute approximate surface area is 180 Å². The van der Waals surface area contributed by atoms with Gasteiger partial charge in [0.05, 0.1) is 20.6 Å². The third-order valence-electron chi connectivity index (χ3n) is 6.39. The molecule has 2 aromatic rings. The fourth-order valence-corrected chi connectivity index (χ4v) is 4.44. The summed E-state index contributed by atoms with van der Waals surface area (Å²) in [6, 6.07) is 22.6. The van der Waals surface area contributed by atoms with Crippen molar-refractivity contribution in [1.82, 2.24) is 0 Å². The summed E-state index contributed by atoms with van der Waals surface area (Å²) in [5.41, 5.74) is 2.91. The molecule has 0 saturated carbocycles. The molecule has 0 aliphatic heterocycles. The van der Waals surface area contributed by atoms with E-state index in [-0.39, 0.29) is 0 Å². The van der Waals surface area contributed by atoms with Gasteiger partial charge >= 0.3 is 0 Å². The number of benzene rings is 2. The van der Waals surface area contributed by atoms with Crippen molar-refractivity contribution in [2.45, 2.75) is 83.6 Å². The van der Waals surface area contributed by atoms with Crippen LogP contribution in [0.2, 0.25) is 0 Å². The van der Waals surface area contributed by atoms with Crippen molar-refractivity contribution in [3.8, 4) is 0 Å². The molecule has 29 heavy (non-hydrogen) atoms. The summed E-state index contributed by atoms with van der Waals surface area (Å²) in [4.78, 5) is 0. The van der Waals surface area contributed by atoms with E-state index in [0.29, 0.717) is 6.04 Å². The molecule has 0 aliphatic carbocycles. The summed E-state index contributed by atoms with van der Waals surface area (Å²) in [7, 11) is 4.85. The Hall–Kier alpha value is -1.60. The van der Waals surface area contributed by atoms with E-state index in [1.165, 1.54) is 81.9 Å². The molecule has 2 aromatic carbocycles. The van der Waals surface area contributed by atoms with E-state index in [9.17, 15) is 0 Å². The molecule has 0 amide bonds. The number of nitrogens with zero attached hydrogens (tertiary/aromatic N) is 1. The van der Waals surface area contributed by atoms with E-state index in [0.717, 1.165) is 10.9 Å². The lowest BCUT2D eigenvalue weighted by Gasteiger charge is -2.39. The van der Waals surface area contributed by atoms with Gasteiger partial charge in [-0.15, -0.1) is 0 Å². The van der Waals surface area contributed by atoms with E-state index in [1.54, 1.807) is 0 Å². The molecular weight excluding hydrogens is 350 g/mol. The first kappa shape index (κ1) is 23.7. The summed E-state index contributed by atoms with van der Waals surface area (Å²) in [6.45, 7) is 3.55. The van der Waals surface area contributed by atoms with Crippen LogP contribution in [0, 0.1) is 0 Å². The lowest BCUT2D eigenvalue weighted by Crippen LogP contribution is -2.44. The van der Waals surface area contributed by atoms with Crippen molar-refractivity contribution in [1.29, 1.82) is 0 Å². The predicted molar refractivity (Wildman–Crippen MR) is 128 cm³/mol. The maximum absolute atomic E-state index is 2.42. The summed E-state index contributed by atoms with van der Waals surface area (Å²) in [6.07, 6.45) is 15.2. The molecule has 0 radical (unpaired) electrons. The minimum Gasteiger partial charge on any atom is -0.322 e. The number of hydrogen-bond donors (Lipinski definition) is 0. The quantitative estimate of drug-likeness (QED) is 0.212. The fraction of sp³-hybridized carbons (Fsp3) is 0.571. The van der Waals surface area contributed by atoms with Gasteiger partial charge in [0.15, 0.2) is 0 Å². The summed E-state index contributed by atoms with van der Waals surface area (Å²) < 4.78 is 1.07. The third-order valence-corrected chi connectivity index (χ3v) is 6.39. The molecule has 0 fully saturated rings. The smallest absolute Gasteiger partial charge is 0.118 e. The van der Waals surface area contributed by atoms with Crippen molar-refractivity contribution >= 4 is 0 Å². The summed E-state index contributed by atoms with van der Waals surface area (Å²) in [5.74, 6) is 0. The van der Waals surface area contributed by atoms with Gasteiger partial charge in [-0.05, 0) is 18.4 Å². The van der Waals surface area contributed by atoms with Crippen LogP contribution in [-0.4, -0.2) is 25.1 Å². The maximum Gasteiger partial charge on any atom is 0.118 e. The van der Waals surface area contributed by atoms with Gasteiger partial charge in [0, 0.05) is 12.0 Å². The van der Waals surface area contributed by atoms with Gasteiger partial charge in [-0.3, -0.25) is 0 Å². The monoisotopic (exact) mass is 394 g/mol. The van der Waals surface area contributed by atoms with Crippen molar-refractivity contribution in [2.24, 2.45) is 0 Å². The largest absolute Gasteiger partial charge is 0.322 e. The van der Waals surface area contributed by atoms with Gasteiger partial charge in [-0.1, -0.05) is 119 Å². The number of hydrogen-bond acceptors (Lipinski definition) is 0. The average Bonchev–Trinajstić information content (AvgIpc) is 2.74. The topological polar surface area (TPSA) is 0 Å². The van der Waals surface area contributed by atoms with E-state index in [2.05, 4.69) is 81.7 Å². The highest BCUT2D eigenvalue weighted by Crippen LogP contribution is 2.29. The summed E-state index contributed by atoms with van der Waals surface area (Å²) >= 11 is 0. The van der Waals surface area contributed by atoms with E-state index in [1.807, 2.05) is 0 Å². The molecule has 1 atom stereocenters. The minimum absolute atomic E-state index is 0.511. The second-order valence-electron chi connectivity index (χ2n) is 9.30. The van der Waals surface area contributed by atoms with Crippen LogP contribution in [0.5, 0.6) is 0 Å². The Morgan fingerprint density at radius 1 is 0.621 bits per heavy atom. The van der Waals surface area contributed by atoms with Crippen molar-refractivity contribution in [3.05, 3.63) is 71.8 Å². The van der Waals surface area contributed by atoms with Gasteiger partial charge in [-0.2, -0.15) is 0 Å². The molecule has 0 saturated heterocycles. The van der Waals surface area contributed by atoms with Crippen molar-refractivity contribution in [2.75, 3.05) is 20.6 Å². The highest BCUT2D eigenvalue weighted by atomic mass is 15.3. The van der Waals surface area contributed by atoms with Gasteiger partial charge in [0.2, 0.25) is 0 Å². The lowest BCUT2D eigenvalue weighted by molar-refractivity contribution is -0.921. The lowest BCUT2D eigenvalue weighted by atomic mass is 9.95. The van der Waals surface area contributed by atoms with E-state index in [4.69, 9.17) is 0 Å². The molecule has 0 heterocycles. The van der Waals surface area contributed by atoms with Crippen LogP contribution < -0.4 is 0 Å². The van der Waals surface area contributed by atoms with Crippen molar-refractivity contribution < 1.29 is 4.48 Å². The Kier molecular flexibility index (Phi) is 11.1. The normalized spacial score (nSPS) is 12.8. The molecule has 0 aromatic heterocycles. The Balaban J connectivity index is 1.80. The first-order chi connectivity index (χ1) is 14.1. The van der Waals surface area contributed by atoms with Gasteiger partial charge in [0.25, 0.3) is 0 Å². The zero-order chi connectivity index (χ0) is 20.8. The SMILES string of the molecule is CCCCCCCCCCCC[N+](C)(C)C(Cc1ccccc1)c1ccccc1. The van der Waals surface area contributed by atoms with Gasteiger partial charge in [0.1, 0.15) is 6.04 Å². The first-order valence-electron chi connectivity index (χ1n) is 12.0. The minimum atomic E-state index is 0.511. The molecule has 0 N–H and O–H groups in total. The zero-order valence-corrected chi connectivity index (χ0v) is 19.3. The van der Waals surface area contributed by atoms with E-state index < -0.39 is 0 Å². The van der Waals surface area contributed by atoms with E-state index >= 15 is 0 Å². The Morgan fingerprint density at radius 3 is 1.66 bits per heavy atom. The Morgan fingerprint density at radius 2 is 1.10 bits per heavy atom. The van der Waals surface area contributed by atoms with Crippen LogP contribution in [0.15, 0.2) is 60.7 Å². The first-order valence-corrected chi connectivity index (χ1v) is 12.0. The predicted octanol–water partition coefficient (Wildman–Crippen LogP) is 7.97. The van der Waals surface area contributed by atoms with Crippen LogP contribution in [0.25, 0.3) is 0 Å². The van der Waals surface area contributed by atoms with Crippen molar-refractivity contribution in [3.63, 3.8) is 0 Å². The molecule has 1 heteroatoms. The van der Waals surface area contributed by atoms with Gasteiger partial charge < -0.3 is 4.48 Å². The molecule has 0 aliphatic rings. The molecule has 0 bridgehead atoms. The Bertz CT molecular complexity index is 632. The van der Waals surface area contributed by atoms with Crippen LogP contribution in [-0.2, 0) is 6.42 Å². The van der Waals surface area contributed by atoms with Crippen LogP contribution in [0.4, 0.5) is 0 Å². The second kappa shape index (κ2) is 13.6. The standard InChI is InChI=1S/C28H44N/c1-4-5-6-7-8-9-10-11-12-19-24-29(2,3)28(27-22-17-14-18-23-27)25-26-20-15-13-16-21-26/h13-18,20-23,28H,4-12,19,24-25H2,1-3H3/q+1. The highest BCUT2D eigenvalue weighted by Gasteiger charge is 2.29. The molecular formula is C28H44N+. The third kappa shape index (κ3) is 9.17. The molecule has 0 spiro atoms. The molecule has 1 nitrogen and oxygen atoms in total. The zero-order valence-electron chi connectivity index (χ0n) is 19.3. The highest BCUT2D eigenvalue weighted by molar-refractivity contribution is 5.22. The maximum atomic E-state index is 2.42. The van der Waals surface area contributed by atoms with Crippen LogP contribution in [0.1, 0.15) is 88.3 Å². The summed E-state index contributed by atoms with van der Waals surface area (Å²) in [5, 5.41) is 0. The molecule has 160 valence electrons. The second-order valence-corrected chi connectivity index (χ2v) is 9.30. The van der Waals surface area contributed by atoms with Crippen LogP contribution >= 0.6 is 0 Å². The number of rotatable bonds is 15. The molecule has 2 rings (SSSR count). The molecule has 1 unspecified atom stereocenters. The fourth-order valence-electron chi connectivity index (χ4n) is 4.44.